The predicted molar refractivity (Wildman–Crippen MR) is 126 cm³/mol. The molecule has 0 aliphatic heterocycles. The number of rotatable bonds is 10. The van der Waals surface area contributed by atoms with Gasteiger partial charge in [-0.1, -0.05) is 48.5 Å². The molecule has 0 spiro atoms. The highest BCUT2D eigenvalue weighted by atomic mass is 16.5. The van der Waals surface area contributed by atoms with Crippen molar-refractivity contribution >= 4 is 17.7 Å². The number of ether oxygens (including phenoxy) is 3. The maximum Gasteiger partial charge on any atom is 0.277 e. The molecule has 3 aromatic rings. The first-order chi connectivity index (χ1) is 15.6. The van der Waals surface area contributed by atoms with E-state index in [1.807, 2.05) is 78.9 Å². The highest BCUT2D eigenvalue weighted by Gasteiger charge is 2.03. The highest BCUT2D eigenvalue weighted by Crippen LogP contribution is 2.18. The van der Waals surface area contributed by atoms with Crippen LogP contribution in [0.4, 0.5) is 0 Å². The van der Waals surface area contributed by atoms with Crippen LogP contribution in [0.25, 0.3) is 6.08 Å². The van der Waals surface area contributed by atoms with E-state index in [9.17, 15) is 4.79 Å². The molecule has 6 nitrogen and oxygen atoms in total. The summed E-state index contributed by atoms with van der Waals surface area (Å²) in [6.45, 7) is 2.15. The van der Waals surface area contributed by atoms with Crippen molar-refractivity contribution in [3.63, 3.8) is 0 Å². The van der Waals surface area contributed by atoms with Gasteiger partial charge in [0.1, 0.15) is 23.9 Å². The molecule has 6 heteroatoms. The van der Waals surface area contributed by atoms with E-state index < -0.39 is 0 Å². The van der Waals surface area contributed by atoms with Crippen LogP contribution in [0.15, 0.2) is 90.0 Å². The number of methoxy groups -OCH3 is 1. The first-order valence-corrected chi connectivity index (χ1v) is 10.2. The lowest BCUT2D eigenvalue weighted by atomic mass is 10.2. The predicted octanol–water partition coefficient (Wildman–Crippen LogP) is 4.86. The number of carbonyl (C=O) groups excluding carboxylic acids is 1. The van der Waals surface area contributed by atoms with Gasteiger partial charge in [0.05, 0.1) is 12.8 Å². The standard InChI is InChI=1S/C26H26N2O4/c1-20(11-12-21-9-6-10-25(17-21)30-2)27-28-26(29)19-32-24-15-13-23(14-16-24)31-18-22-7-4-3-5-8-22/h3-17H,18-19H2,1-2H3,(H,28,29). The number of hydrogen-bond donors (Lipinski definition) is 1. The summed E-state index contributed by atoms with van der Waals surface area (Å²) in [6.07, 6.45) is 3.70. The Labute approximate surface area is 188 Å². The summed E-state index contributed by atoms with van der Waals surface area (Å²) in [4.78, 5) is 12.0. The van der Waals surface area contributed by atoms with Crippen LogP contribution in [0.3, 0.4) is 0 Å². The van der Waals surface area contributed by atoms with Gasteiger partial charge in [-0.25, -0.2) is 5.43 Å². The molecule has 0 saturated heterocycles. The third-order valence-electron chi connectivity index (χ3n) is 4.41. The Morgan fingerprint density at radius 2 is 1.62 bits per heavy atom. The number of nitrogens with one attached hydrogen (secondary N) is 1. The Kier molecular flexibility index (Phi) is 8.45. The Morgan fingerprint density at radius 3 is 2.34 bits per heavy atom. The zero-order chi connectivity index (χ0) is 22.6. The summed E-state index contributed by atoms with van der Waals surface area (Å²) in [5.41, 5.74) is 5.21. The lowest BCUT2D eigenvalue weighted by Gasteiger charge is -2.08. The van der Waals surface area contributed by atoms with E-state index in [1.54, 1.807) is 26.2 Å². The maximum atomic E-state index is 12.0. The fourth-order valence-corrected chi connectivity index (χ4v) is 2.70. The fourth-order valence-electron chi connectivity index (χ4n) is 2.70. The molecule has 3 rings (SSSR count). The molecule has 0 unspecified atom stereocenters. The van der Waals surface area contributed by atoms with Gasteiger partial charge in [0, 0.05) is 0 Å². The molecule has 164 valence electrons. The molecule has 0 atom stereocenters. The van der Waals surface area contributed by atoms with Gasteiger partial charge in [-0.15, -0.1) is 0 Å². The summed E-state index contributed by atoms with van der Waals surface area (Å²) in [5, 5.41) is 4.06. The average molecular weight is 431 g/mol. The van der Waals surface area contributed by atoms with E-state index in [0.717, 1.165) is 22.6 Å². The number of nitrogens with zero attached hydrogens (tertiary/aromatic N) is 1. The van der Waals surface area contributed by atoms with Crippen LogP contribution >= 0.6 is 0 Å². The zero-order valence-electron chi connectivity index (χ0n) is 18.2. The van der Waals surface area contributed by atoms with Gasteiger partial charge in [0.15, 0.2) is 6.61 Å². The maximum absolute atomic E-state index is 12.0. The van der Waals surface area contributed by atoms with Crippen molar-refractivity contribution in [3.05, 3.63) is 96.1 Å². The van der Waals surface area contributed by atoms with Crippen LogP contribution in [0.2, 0.25) is 0 Å². The molecule has 1 N–H and O–H groups in total. The number of hydrazone groups is 1. The van der Waals surface area contributed by atoms with Crippen molar-refractivity contribution in [2.75, 3.05) is 13.7 Å². The van der Waals surface area contributed by atoms with Gasteiger partial charge in [-0.3, -0.25) is 4.79 Å². The topological polar surface area (TPSA) is 69.2 Å². The largest absolute Gasteiger partial charge is 0.497 e. The second kappa shape index (κ2) is 12.0. The number of amides is 1. The van der Waals surface area contributed by atoms with Crippen LogP contribution in [0.1, 0.15) is 18.1 Å². The molecule has 1 amide bonds. The van der Waals surface area contributed by atoms with Crippen LogP contribution in [0.5, 0.6) is 17.2 Å². The first kappa shape index (κ1) is 22.6. The number of allylic oxidation sites excluding steroid dienone is 1. The average Bonchev–Trinajstić information content (AvgIpc) is 2.85. The van der Waals surface area contributed by atoms with Crippen molar-refractivity contribution in [2.45, 2.75) is 13.5 Å². The zero-order valence-corrected chi connectivity index (χ0v) is 18.2. The summed E-state index contributed by atoms with van der Waals surface area (Å²) in [7, 11) is 1.63. The molecular weight excluding hydrogens is 404 g/mol. The van der Waals surface area contributed by atoms with Gasteiger partial charge in [-0.05, 0) is 60.5 Å². The highest BCUT2D eigenvalue weighted by molar-refractivity contribution is 5.97. The molecule has 0 saturated carbocycles. The van der Waals surface area contributed by atoms with Gasteiger partial charge in [-0.2, -0.15) is 5.10 Å². The summed E-state index contributed by atoms with van der Waals surface area (Å²) >= 11 is 0. The normalized spacial score (nSPS) is 11.2. The lowest BCUT2D eigenvalue weighted by molar-refractivity contribution is -0.123. The summed E-state index contributed by atoms with van der Waals surface area (Å²) < 4.78 is 16.4. The third kappa shape index (κ3) is 7.65. The van der Waals surface area contributed by atoms with Crippen molar-refractivity contribution < 1.29 is 19.0 Å². The second-order valence-corrected chi connectivity index (χ2v) is 6.93. The number of carbonyl (C=O) groups is 1. The second-order valence-electron chi connectivity index (χ2n) is 6.93. The number of benzene rings is 3. The van der Waals surface area contributed by atoms with Crippen molar-refractivity contribution in [3.8, 4) is 17.2 Å². The molecule has 0 aliphatic rings. The molecule has 0 fully saturated rings. The van der Waals surface area contributed by atoms with Crippen molar-refractivity contribution in [2.24, 2.45) is 5.10 Å². The molecule has 0 heterocycles. The van der Waals surface area contributed by atoms with E-state index >= 15 is 0 Å². The minimum absolute atomic E-state index is 0.138. The Morgan fingerprint density at radius 1 is 0.906 bits per heavy atom. The minimum Gasteiger partial charge on any atom is -0.497 e. The van der Waals surface area contributed by atoms with Crippen LogP contribution in [-0.4, -0.2) is 25.3 Å². The van der Waals surface area contributed by atoms with E-state index in [-0.39, 0.29) is 12.5 Å². The van der Waals surface area contributed by atoms with E-state index in [0.29, 0.717) is 18.1 Å². The molecule has 32 heavy (non-hydrogen) atoms. The molecule has 0 aliphatic carbocycles. The SMILES string of the molecule is COc1cccc(C=CC(C)=NNC(=O)COc2ccc(OCc3ccccc3)cc2)c1. The van der Waals surface area contributed by atoms with E-state index in [4.69, 9.17) is 14.2 Å². The van der Waals surface area contributed by atoms with Crippen LogP contribution in [0, 0.1) is 0 Å². The van der Waals surface area contributed by atoms with Crippen LogP contribution < -0.4 is 19.6 Å². The monoisotopic (exact) mass is 430 g/mol. The Balaban J connectivity index is 1.41. The van der Waals surface area contributed by atoms with Gasteiger partial charge in [0.2, 0.25) is 0 Å². The Hall–Kier alpha value is -4.06. The van der Waals surface area contributed by atoms with E-state index in [1.165, 1.54) is 0 Å². The van der Waals surface area contributed by atoms with Crippen molar-refractivity contribution in [1.29, 1.82) is 0 Å². The smallest absolute Gasteiger partial charge is 0.277 e. The first-order valence-electron chi connectivity index (χ1n) is 10.2. The molecule has 3 aromatic carbocycles. The molecule has 0 bridgehead atoms. The van der Waals surface area contributed by atoms with Gasteiger partial charge >= 0.3 is 0 Å². The Bertz CT molecular complexity index is 1060. The summed E-state index contributed by atoms with van der Waals surface area (Å²) in [5.74, 6) is 1.74. The number of hydrogen-bond acceptors (Lipinski definition) is 5. The minimum atomic E-state index is -0.344. The fraction of sp³-hybridized carbons (Fsp3) is 0.154. The van der Waals surface area contributed by atoms with E-state index in [2.05, 4.69) is 10.5 Å². The quantitative estimate of drug-likeness (QED) is 0.368. The summed E-state index contributed by atoms with van der Waals surface area (Å²) in [6, 6.07) is 24.7. The lowest BCUT2D eigenvalue weighted by Crippen LogP contribution is -2.25. The van der Waals surface area contributed by atoms with Gasteiger partial charge < -0.3 is 14.2 Å². The molecular formula is C26H26N2O4. The molecule has 0 radical (unpaired) electrons. The van der Waals surface area contributed by atoms with Crippen LogP contribution in [-0.2, 0) is 11.4 Å². The molecule has 0 aromatic heterocycles. The van der Waals surface area contributed by atoms with Crippen molar-refractivity contribution in [1.82, 2.24) is 5.43 Å². The third-order valence-corrected chi connectivity index (χ3v) is 4.41. The van der Waals surface area contributed by atoms with Gasteiger partial charge in [0.25, 0.3) is 5.91 Å².